The third-order valence-corrected chi connectivity index (χ3v) is 1.83. The fourth-order valence-corrected chi connectivity index (χ4v) is 1.01. The molecule has 1 aromatic heterocycles. The van der Waals surface area contributed by atoms with Gasteiger partial charge in [-0.15, -0.1) is 0 Å². The zero-order valence-electron chi connectivity index (χ0n) is 7.75. The average molecular weight is 259 g/mol. The predicted molar refractivity (Wildman–Crippen MR) is 56.9 cm³/mol. The van der Waals surface area contributed by atoms with Crippen LogP contribution in [0.3, 0.4) is 0 Å². The van der Waals surface area contributed by atoms with Crippen molar-refractivity contribution in [3.8, 4) is 0 Å². The quantitative estimate of drug-likeness (QED) is 0.838. The Kier molecular flexibility index (Phi) is 4.48. The van der Waals surface area contributed by atoms with E-state index in [2.05, 4.69) is 36.5 Å². The Balaban J connectivity index is 2.44. The van der Waals surface area contributed by atoms with Crippen LogP contribution in [0, 0.1) is 0 Å². The summed E-state index contributed by atoms with van der Waals surface area (Å²) in [5, 5.41) is 5.52. The fourth-order valence-electron chi connectivity index (χ4n) is 0.802. The van der Waals surface area contributed by atoms with Gasteiger partial charge in [-0.1, -0.05) is 6.92 Å². The summed E-state index contributed by atoms with van der Waals surface area (Å²) >= 11 is 3.15. The summed E-state index contributed by atoms with van der Waals surface area (Å²) in [6.45, 7) is 2.99. The van der Waals surface area contributed by atoms with Gasteiger partial charge < -0.3 is 10.6 Å². The van der Waals surface area contributed by atoms with Gasteiger partial charge in [0.25, 0.3) is 0 Å². The molecule has 0 fully saturated rings. The van der Waals surface area contributed by atoms with Gasteiger partial charge in [0, 0.05) is 0 Å². The number of anilines is 1. The molecule has 76 valence electrons. The molecule has 0 bridgehead atoms. The maximum absolute atomic E-state index is 11.2. The van der Waals surface area contributed by atoms with Crippen LogP contribution in [0.2, 0.25) is 0 Å². The molecule has 0 saturated heterocycles. The Morgan fingerprint density at radius 2 is 2.29 bits per heavy atom. The van der Waals surface area contributed by atoms with Gasteiger partial charge in [0.2, 0.25) is 5.91 Å². The molecule has 5 nitrogen and oxygen atoms in total. The molecule has 0 unspecified atom stereocenters. The SMILES string of the molecule is CCNCC(=O)Nc1cnc(Br)cn1. The van der Waals surface area contributed by atoms with Crippen molar-refractivity contribution in [3.63, 3.8) is 0 Å². The Bertz CT molecular complexity index is 301. The standard InChI is InChI=1S/C8H11BrN4O/c1-2-10-5-8(14)13-7-4-11-6(9)3-12-7/h3-4,10H,2,5H2,1H3,(H,12,13,14). The van der Waals surface area contributed by atoms with E-state index in [9.17, 15) is 4.79 Å². The maximum atomic E-state index is 11.2. The van der Waals surface area contributed by atoms with E-state index in [1.807, 2.05) is 6.92 Å². The highest BCUT2D eigenvalue weighted by Crippen LogP contribution is 2.05. The predicted octanol–water partition coefficient (Wildman–Crippen LogP) is 0.787. The summed E-state index contributed by atoms with van der Waals surface area (Å²) in [5.74, 6) is 0.333. The molecule has 1 heterocycles. The summed E-state index contributed by atoms with van der Waals surface area (Å²) < 4.78 is 0.641. The summed E-state index contributed by atoms with van der Waals surface area (Å²) in [5.41, 5.74) is 0. The van der Waals surface area contributed by atoms with Crippen molar-refractivity contribution < 1.29 is 4.79 Å². The van der Waals surface area contributed by atoms with Crippen LogP contribution >= 0.6 is 15.9 Å². The van der Waals surface area contributed by atoms with Crippen molar-refractivity contribution in [1.82, 2.24) is 15.3 Å². The van der Waals surface area contributed by atoms with Crippen LogP contribution in [0.5, 0.6) is 0 Å². The second-order valence-corrected chi connectivity index (χ2v) is 3.37. The number of nitrogens with one attached hydrogen (secondary N) is 2. The Labute approximate surface area is 90.5 Å². The summed E-state index contributed by atoms with van der Waals surface area (Å²) in [7, 11) is 0. The Hall–Kier alpha value is -1.01. The molecule has 14 heavy (non-hydrogen) atoms. The number of nitrogens with zero attached hydrogens (tertiary/aromatic N) is 2. The molecule has 0 atom stereocenters. The molecule has 0 saturated carbocycles. The van der Waals surface area contributed by atoms with Gasteiger partial charge in [-0.05, 0) is 22.5 Å². The van der Waals surface area contributed by atoms with E-state index in [1.165, 1.54) is 12.4 Å². The lowest BCUT2D eigenvalue weighted by molar-refractivity contribution is -0.115. The van der Waals surface area contributed by atoms with Crippen molar-refractivity contribution in [2.75, 3.05) is 18.4 Å². The zero-order chi connectivity index (χ0) is 10.4. The second-order valence-electron chi connectivity index (χ2n) is 2.55. The van der Waals surface area contributed by atoms with Crippen molar-refractivity contribution >= 4 is 27.7 Å². The van der Waals surface area contributed by atoms with Gasteiger partial charge in [-0.3, -0.25) is 4.79 Å². The highest BCUT2D eigenvalue weighted by molar-refractivity contribution is 9.10. The van der Waals surface area contributed by atoms with Crippen molar-refractivity contribution in [3.05, 3.63) is 17.0 Å². The molecule has 0 aliphatic heterocycles. The first kappa shape index (κ1) is 11.1. The second kappa shape index (κ2) is 5.66. The molecule has 0 aliphatic rings. The van der Waals surface area contributed by atoms with Crippen LogP contribution < -0.4 is 10.6 Å². The Morgan fingerprint density at radius 3 is 2.86 bits per heavy atom. The van der Waals surface area contributed by atoms with E-state index >= 15 is 0 Å². The smallest absolute Gasteiger partial charge is 0.239 e. The van der Waals surface area contributed by atoms with Crippen LogP contribution in [0.4, 0.5) is 5.82 Å². The lowest BCUT2D eigenvalue weighted by Gasteiger charge is -2.03. The number of carbonyl (C=O) groups is 1. The highest BCUT2D eigenvalue weighted by Gasteiger charge is 2.01. The number of aromatic nitrogens is 2. The lowest BCUT2D eigenvalue weighted by atomic mass is 10.5. The molecule has 0 spiro atoms. The first-order chi connectivity index (χ1) is 6.72. The zero-order valence-corrected chi connectivity index (χ0v) is 9.34. The van der Waals surface area contributed by atoms with E-state index in [0.29, 0.717) is 10.4 Å². The Morgan fingerprint density at radius 1 is 1.50 bits per heavy atom. The fraction of sp³-hybridized carbons (Fsp3) is 0.375. The van der Waals surface area contributed by atoms with Gasteiger partial charge in [-0.25, -0.2) is 9.97 Å². The van der Waals surface area contributed by atoms with Crippen LogP contribution in [-0.2, 0) is 4.79 Å². The largest absolute Gasteiger partial charge is 0.309 e. The van der Waals surface area contributed by atoms with Crippen molar-refractivity contribution in [1.29, 1.82) is 0 Å². The molecule has 1 amide bonds. The van der Waals surface area contributed by atoms with E-state index in [4.69, 9.17) is 0 Å². The number of halogens is 1. The summed E-state index contributed by atoms with van der Waals surface area (Å²) in [6.07, 6.45) is 3.02. The van der Waals surface area contributed by atoms with Crippen molar-refractivity contribution in [2.24, 2.45) is 0 Å². The number of amides is 1. The lowest BCUT2D eigenvalue weighted by Crippen LogP contribution is -2.28. The minimum atomic E-state index is -0.122. The minimum absolute atomic E-state index is 0.122. The molecule has 0 radical (unpaired) electrons. The summed E-state index contributed by atoms with van der Waals surface area (Å²) in [6, 6.07) is 0. The molecule has 1 aromatic rings. The number of likely N-dealkylation sites (N-methyl/N-ethyl adjacent to an activating group) is 1. The minimum Gasteiger partial charge on any atom is -0.309 e. The number of hydrogen-bond donors (Lipinski definition) is 2. The molecule has 0 aromatic carbocycles. The topological polar surface area (TPSA) is 66.9 Å². The third kappa shape index (κ3) is 3.80. The first-order valence-corrected chi connectivity index (χ1v) is 4.99. The van der Waals surface area contributed by atoms with E-state index in [-0.39, 0.29) is 12.5 Å². The van der Waals surface area contributed by atoms with Crippen molar-refractivity contribution in [2.45, 2.75) is 6.92 Å². The molecular formula is C8H11BrN4O. The van der Waals surface area contributed by atoms with Gasteiger partial charge in [0.05, 0.1) is 18.9 Å². The van der Waals surface area contributed by atoms with Crippen LogP contribution in [0.15, 0.2) is 17.0 Å². The molecular weight excluding hydrogens is 248 g/mol. The molecule has 1 rings (SSSR count). The van der Waals surface area contributed by atoms with E-state index in [1.54, 1.807) is 0 Å². The van der Waals surface area contributed by atoms with Gasteiger partial charge in [0.15, 0.2) is 5.82 Å². The van der Waals surface area contributed by atoms with Gasteiger partial charge in [0.1, 0.15) is 4.60 Å². The summed E-state index contributed by atoms with van der Waals surface area (Å²) in [4.78, 5) is 19.1. The van der Waals surface area contributed by atoms with Crippen LogP contribution in [-0.4, -0.2) is 29.0 Å². The first-order valence-electron chi connectivity index (χ1n) is 4.20. The monoisotopic (exact) mass is 258 g/mol. The number of hydrogen-bond acceptors (Lipinski definition) is 4. The van der Waals surface area contributed by atoms with Gasteiger partial charge >= 0.3 is 0 Å². The van der Waals surface area contributed by atoms with Crippen LogP contribution in [0.1, 0.15) is 6.92 Å². The van der Waals surface area contributed by atoms with Gasteiger partial charge in [-0.2, -0.15) is 0 Å². The third-order valence-electron chi connectivity index (χ3n) is 1.42. The molecule has 0 aliphatic carbocycles. The number of rotatable bonds is 4. The van der Waals surface area contributed by atoms with E-state index in [0.717, 1.165) is 6.54 Å². The van der Waals surface area contributed by atoms with E-state index < -0.39 is 0 Å². The number of carbonyl (C=O) groups excluding carboxylic acids is 1. The highest BCUT2D eigenvalue weighted by atomic mass is 79.9. The normalized spacial score (nSPS) is 9.86. The van der Waals surface area contributed by atoms with Crippen LogP contribution in [0.25, 0.3) is 0 Å². The average Bonchev–Trinajstić information content (AvgIpc) is 2.18. The molecule has 6 heteroatoms. The molecule has 2 N–H and O–H groups in total. The maximum Gasteiger partial charge on any atom is 0.239 e.